The minimum Gasteiger partial charge on any atom is -0.347 e. The van der Waals surface area contributed by atoms with Crippen LogP contribution in [0.15, 0.2) is 24.4 Å². The summed E-state index contributed by atoms with van der Waals surface area (Å²) in [4.78, 5) is 27.8. The van der Waals surface area contributed by atoms with E-state index in [4.69, 9.17) is 0 Å². The highest BCUT2D eigenvalue weighted by molar-refractivity contribution is 6.35. The molecule has 0 aliphatic heterocycles. The average Bonchev–Trinajstić information content (AvgIpc) is 2.50. The van der Waals surface area contributed by atoms with Gasteiger partial charge in [0, 0.05) is 30.9 Å². The van der Waals surface area contributed by atoms with E-state index in [9.17, 15) is 9.59 Å². The van der Waals surface area contributed by atoms with Crippen LogP contribution in [0.4, 0.5) is 0 Å². The van der Waals surface area contributed by atoms with Gasteiger partial charge in [0.2, 0.25) is 0 Å². The van der Waals surface area contributed by atoms with Gasteiger partial charge in [-0.15, -0.1) is 0 Å². The van der Waals surface area contributed by atoms with Crippen molar-refractivity contribution in [3.8, 4) is 0 Å². The maximum atomic E-state index is 11.9. The van der Waals surface area contributed by atoms with Crippen molar-refractivity contribution in [1.82, 2.24) is 15.6 Å². The van der Waals surface area contributed by atoms with E-state index in [0.29, 0.717) is 18.9 Å². The molecule has 5 nitrogen and oxygen atoms in total. The highest BCUT2D eigenvalue weighted by atomic mass is 16.2. The summed E-state index contributed by atoms with van der Waals surface area (Å²) < 4.78 is 0. The number of aromatic nitrogens is 1. The molecule has 1 saturated carbocycles. The number of hydrogen-bond donors (Lipinski definition) is 2. The number of carbonyl (C=O) groups is 2. The molecule has 2 N–H and O–H groups in total. The largest absolute Gasteiger partial charge is 0.347 e. The van der Waals surface area contributed by atoms with E-state index in [1.165, 1.54) is 6.42 Å². The van der Waals surface area contributed by atoms with E-state index in [0.717, 1.165) is 25.0 Å². The normalized spacial score (nSPS) is 21.6. The Balaban J connectivity index is 1.71. The number of nitrogens with zero attached hydrogens (tertiary/aromatic N) is 1. The van der Waals surface area contributed by atoms with Gasteiger partial charge in [0.1, 0.15) is 0 Å². The van der Waals surface area contributed by atoms with E-state index >= 15 is 0 Å². The molecule has 1 aromatic heterocycles. The molecule has 2 atom stereocenters. The molecule has 0 saturated heterocycles. The van der Waals surface area contributed by atoms with Crippen LogP contribution in [0.25, 0.3) is 0 Å². The van der Waals surface area contributed by atoms with E-state index in [-0.39, 0.29) is 6.04 Å². The van der Waals surface area contributed by atoms with Crippen LogP contribution >= 0.6 is 0 Å². The highest BCUT2D eigenvalue weighted by Gasteiger charge is 2.25. The first-order valence-corrected chi connectivity index (χ1v) is 7.65. The molecule has 1 fully saturated rings. The SMILES string of the molecule is C[C@@H]1CCCC[C@@H]1NC(=O)C(=O)NCCc1ccccn1. The van der Waals surface area contributed by atoms with E-state index < -0.39 is 11.8 Å². The van der Waals surface area contributed by atoms with Crippen molar-refractivity contribution >= 4 is 11.8 Å². The zero-order valence-corrected chi connectivity index (χ0v) is 12.5. The fourth-order valence-electron chi connectivity index (χ4n) is 2.70. The van der Waals surface area contributed by atoms with Crippen molar-refractivity contribution in [2.24, 2.45) is 5.92 Å². The lowest BCUT2D eigenvalue weighted by Gasteiger charge is -2.29. The molecule has 1 aromatic rings. The third kappa shape index (κ3) is 4.85. The minimum absolute atomic E-state index is 0.132. The summed E-state index contributed by atoms with van der Waals surface area (Å²) in [5.41, 5.74) is 0.902. The van der Waals surface area contributed by atoms with Gasteiger partial charge in [-0.25, -0.2) is 0 Å². The number of amides is 2. The molecule has 5 heteroatoms. The summed E-state index contributed by atoms with van der Waals surface area (Å²) in [6, 6.07) is 5.78. The molecule has 21 heavy (non-hydrogen) atoms. The Bertz CT molecular complexity index is 476. The van der Waals surface area contributed by atoms with Gasteiger partial charge in [-0.3, -0.25) is 14.6 Å². The van der Waals surface area contributed by atoms with E-state index in [2.05, 4.69) is 22.5 Å². The second kappa shape index (κ2) is 7.76. The third-order valence-corrected chi connectivity index (χ3v) is 4.03. The van der Waals surface area contributed by atoms with Crippen LogP contribution in [0.3, 0.4) is 0 Å². The van der Waals surface area contributed by atoms with Crippen LogP contribution < -0.4 is 10.6 Å². The average molecular weight is 289 g/mol. The number of nitrogens with one attached hydrogen (secondary N) is 2. The Labute approximate surface area is 125 Å². The fraction of sp³-hybridized carbons (Fsp3) is 0.562. The summed E-state index contributed by atoms with van der Waals surface area (Å²) in [6.07, 6.45) is 6.76. The van der Waals surface area contributed by atoms with Gasteiger partial charge in [-0.1, -0.05) is 25.8 Å². The molecule has 1 aliphatic carbocycles. The van der Waals surface area contributed by atoms with Crippen LogP contribution in [0.1, 0.15) is 38.3 Å². The molecule has 2 rings (SSSR count). The second-order valence-electron chi connectivity index (χ2n) is 5.67. The monoisotopic (exact) mass is 289 g/mol. The Morgan fingerprint density at radius 1 is 1.24 bits per heavy atom. The van der Waals surface area contributed by atoms with E-state index in [1.54, 1.807) is 6.20 Å². The topological polar surface area (TPSA) is 71.1 Å². The molecule has 0 aromatic carbocycles. The van der Waals surface area contributed by atoms with Crippen LogP contribution in [-0.2, 0) is 16.0 Å². The molecule has 114 valence electrons. The van der Waals surface area contributed by atoms with Gasteiger partial charge < -0.3 is 10.6 Å². The predicted octanol–water partition coefficient (Wildman–Crippen LogP) is 1.44. The molecule has 1 heterocycles. The third-order valence-electron chi connectivity index (χ3n) is 4.03. The lowest BCUT2D eigenvalue weighted by atomic mass is 9.86. The predicted molar refractivity (Wildman–Crippen MR) is 80.5 cm³/mol. The van der Waals surface area contributed by atoms with Crippen molar-refractivity contribution in [3.63, 3.8) is 0 Å². The van der Waals surface area contributed by atoms with Gasteiger partial charge in [-0.05, 0) is 30.9 Å². The van der Waals surface area contributed by atoms with Crippen molar-refractivity contribution in [2.45, 2.75) is 45.1 Å². The highest BCUT2D eigenvalue weighted by Crippen LogP contribution is 2.23. The first-order valence-electron chi connectivity index (χ1n) is 7.65. The molecule has 0 radical (unpaired) electrons. The van der Waals surface area contributed by atoms with Crippen LogP contribution in [-0.4, -0.2) is 29.4 Å². The van der Waals surface area contributed by atoms with Crippen molar-refractivity contribution in [3.05, 3.63) is 30.1 Å². The quantitative estimate of drug-likeness (QED) is 0.824. The smallest absolute Gasteiger partial charge is 0.309 e. The standard InChI is InChI=1S/C16H23N3O2/c1-12-6-2-3-8-14(12)19-16(21)15(20)18-11-9-13-7-4-5-10-17-13/h4-5,7,10,12,14H,2-3,6,8-9,11H2,1H3,(H,18,20)(H,19,21)/t12-,14+/m1/s1. The molecule has 1 aliphatic rings. The van der Waals surface area contributed by atoms with Crippen molar-refractivity contribution < 1.29 is 9.59 Å². The van der Waals surface area contributed by atoms with E-state index in [1.807, 2.05) is 18.2 Å². The molecule has 2 amide bonds. The van der Waals surface area contributed by atoms with Gasteiger partial charge in [-0.2, -0.15) is 0 Å². The summed E-state index contributed by atoms with van der Waals surface area (Å²) in [7, 11) is 0. The molecule has 0 bridgehead atoms. The van der Waals surface area contributed by atoms with Crippen molar-refractivity contribution in [1.29, 1.82) is 0 Å². The summed E-state index contributed by atoms with van der Waals surface area (Å²) >= 11 is 0. The Morgan fingerprint density at radius 3 is 2.76 bits per heavy atom. The Morgan fingerprint density at radius 2 is 2.05 bits per heavy atom. The first-order chi connectivity index (χ1) is 10.2. The van der Waals surface area contributed by atoms with Crippen molar-refractivity contribution in [2.75, 3.05) is 6.54 Å². The molecular weight excluding hydrogens is 266 g/mol. The number of hydrogen-bond acceptors (Lipinski definition) is 3. The summed E-state index contributed by atoms with van der Waals surface area (Å²) in [5.74, 6) is -0.623. The zero-order valence-electron chi connectivity index (χ0n) is 12.5. The lowest BCUT2D eigenvalue weighted by Crippen LogP contribution is -2.48. The number of pyridine rings is 1. The van der Waals surface area contributed by atoms with Gasteiger partial charge in [0.05, 0.1) is 0 Å². The van der Waals surface area contributed by atoms with Crippen LogP contribution in [0.2, 0.25) is 0 Å². The minimum atomic E-state index is -0.552. The second-order valence-corrected chi connectivity index (χ2v) is 5.67. The molecular formula is C16H23N3O2. The maximum absolute atomic E-state index is 11.9. The summed E-state index contributed by atoms with van der Waals surface area (Å²) in [6.45, 7) is 2.55. The zero-order chi connectivity index (χ0) is 15.1. The van der Waals surface area contributed by atoms with Gasteiger partial charge >= 0.3 is 11.8 Å². The first kappa shape index (κ1) is 15.5. The number of rotatable bonds is 4. The fourth-order valence-corrected chi connectivity index (χ4v) is 2.70. The lowest BCUT2D eigenvalue weighted by molar-refractivity contribution is -0.139. The Kier molecular flexibility index (Phi) is 5.72. The molecule has 0 spiro atoms. The molecule has 0 unspecified atom stereocenters. The number of carbonyl (C=O) groups excluding carboxylic acids is 2. The Hall–Kier alpha value is -1.91. The van der Waals surface area contributed by atoms with Crippen LogP contribution in [0.5, 0.6) is 0 Å². The van der Waals surface area contributed by atoms with Gasteiger partial charge in [0.25, 0.3) is 0 Å². The van der Waals surface area contributed by atoms with Gasteiger partial charge in [0.15, 0.2) is 0 Å². The summed E-state index contributed by atoms with van der Waals surface area (Å²) in [5, 5.41) is 5.49. The maximum Gasteiger partial charge on any atom is 0.309 e. The van der Waals surface area contributed by atoms with Crippen LogP contribution in [0, 0.1) is 5.92 Å².